The monoisotopic (exact) mass is 359 g/mol. The van der Waals surface area contributed by atoms with Gasteiger partial charge < -0.3 is 9.94 Å². The van der Waals surface area contributed by atoms with E-state index in [1.807, 2.05) is 12.1 Å². The van der Waals surface area contributed by atoms with E-state index in [0.717, 1.165) is 5.39 Å². The Bertz CT molecular complexity index is 1050. The van der Waals surface area contributed by atoms with Crippen molar-refractivity contribution < 1.29 is 17.9 Å². The van der Waals surface area contributed by atoms with E-state index in [9.17, 15) is 13.6 Å². The summed E-state index contributed by atoms with van der Waals surface area (Å²) < 4.78 is 32.9. The summed E-state index contributed by atoms with van der Waals surface area (Å²) >= 11 is 0. The molecule has 0 spiro atoms. The van der Waals surface area contributed by atoms with Crippen LogP contribution in [0, 0.1) is 5.21 Å². The SMILES string of the molecule is O=S(=O)(Cc1c2ccccc2c2ncccc2[n+]1[O-])N1CCOCC1. The first-order chi connectivity index (χ1) is 12.1. The highest BCUT2D eigenvalue weighted by Crippen LogP contribution is 2.25. The minimum Gasteiger partial charge on any atom is -0.618 e. The van der Waals surface area contributed by atoms with Gasteiger partial charge in [0.05, 0.1) is 18.6 Å². The summed E-state index contributed by atoms with van der Waals surface area (Å²) in [4.78, 5) is 4.30. The molecule has 25 heavy (non-hydrogen) atoms. The molecule has 0 unspecified atom stereocenters. The molecule has 1 fully saturated rings. The molecular formula is C17H17N3O4S. The Kier molecular flexibility index (Phi) is 4.03. The second-order valence-corrected chi connectivity index (χ2v) is 7.89. The normalized spacial score (nSPS) is 16.5. The largest absolute Gasteiger partial charge is 0.618 e. The van der Waals surface area contributed by atoms with Gasteiger partial charge in [-0.3, -0.25) is 0 Å². The molecule has 0 bridgehead atoms. The van der Waals surface area contributed by atoms with Crippen LogP contribution < -0.4 is 4.73 Å². The van der Waals surface area contributed by atoms with Crippen molar-refractivity contribution in [2.75, 3.05) is 26.3 Å². The maximum Gasteiger partial charge on any atom is 0.243 e. The molecule has 0 amide bonds. The van der Waals surface area contributed by atoms with Crippen LogP contribution in [0.15, 0.2) is 42.6 Å². The maximum absolute atomic E-state index is 12.9. The fraction of sp³-hybridized carbons (Fsp3) is 0.294. The molecule has 0 radical (unpaired) electrons. The predicted molar refractivity (Wildman–Crippen MR) is 93.2 cm³/mol. The number of hydrogen-bond acceptors (Lipinski definition) is 5. The van der Waals surface area contributed by atoms with E-state index in [4.69, 9.17) is 4.74 Å². The number of sulfonamides is 1. The molecule has 0 saturated carbocycles. The predicted octanol–water partition coefficient (Wildman–Crippen LogP) is 1.18. The fourth-order valence-electron chi connectivity index (χ4n) is 3.19. The van der Waals surface area contributed by atoms with Crippen LogP contribution in [-0.2, 0) is 20.5 Å². The summed E-state index contributed by atoms with van der Waals surface area (Å²) in [6, 6.07) is 10.6. The highest BCUT2D eigenvalue weighted by Gasteiger charge is 2.30. The maximum atomic E-state index is 12.9. The summed E-state index contributed by atoms with van der Waals surface area (Å²) in [5.41, 5.74) is 1.16. The fourth-order valence-corrected chi connectivity index (χ4v) is 4.70. The molecular weight excluding hydrogens is 342 g/mol. The molecule has 2 aromatic heterocycles. The van der Waals surface area contributed by atoms with Crippen molar-refractivity contribution in [3.8, 4) is 0 Å². The van der Waals surface area contributed by atoms with Gasteiger partial charge in [-0.25, -0.2) is 13.4 Å². The summed E-state index contributed by atoms with van der Waals surface area (Å²) in [5, 5.41) is 14.3. The molecule has 7 nitrogen and oxygen atoms in total. The number of nitrogens with zero attached hydrogens (tertiary/aromatic N) is 3. The first-order valence-electron chi connectivity index (χ1n) is 8.01. The Balaban J connectivity index is 1.90. The van der Waals surface area contributed by atoms with Crippen LogP contribution >= 0.6 is 0 Å². The van der Waals surface area contributed by atoms with Crippen LogP contribution in [0.25, 0.3) is 21.8 Å². The molecule has 0 atom stereocenters. The second-order valence-electron chi connectivity index (χ2n) is 5.93. The number of morpholine rings is 1. The van der Waals surface area contributed by atoms with Crippen molar-refractivity contribution in [3.63, 3.8) is 0 Å². The van der Waals surface area contributed by atoms with Crippen LogP contribution in [0.1, 0.15) is 5.69 Å². The smallest absolute Gasteiger partial charge is 0.243 e. The second kappa shape index (κ2) is 6.21. The van der Waals surface area contributed by atoms with Gasteiger partial charge in [0, 0.05) is 30.7 Å². The molecule has 0 N–H and O–H groups in total. The zero-order chi connectivity index (χ0) is 17.4. The van der Waals surface area contributed by atoms with E-state index >= 15 is 0 Å². The third kappa shape index (κ3) is 2.82. The van der Waals surface area contributed by atoms with Gasteiger partial charge in [-0.15, -0.1) is 0 Å². The summed E-state index contributed by atoms with van der Waals surface area (Å²) in [5.74, 6) is -0.345. The molecule has 1 aromatic carbocycles. The van der Waals surface area contributed by atoms with Crippen LogP contribution in [0.2, 0.25) is 0 Å². The topological polar surface area (TPSA) is 86.4 Å². The quantitative estimate of drug-likeness (QED) is 0.398. The Hall–Kier alpha value is -2.29. The van der Waals surface area contributed by atoms with Gasteiger partial charge in [0.25, 0.3) is 0 Å². The lowest BCUT2D eigenvalue weighted by Crippen LogP contribution is -2.43. The van der Waals surface area contributed by atoms with Crippen molar-refractivity contribution in [1.29, 1.82) is 0 Å². The lowest BCUT2D eigenvalue weighted by atomic mass is 10.1. The van der Waals surface area contributed by atoms with Crippen LogP contribution in [-0.4, -0.2) is 44.0 Å². The van der Waals surface area contributed by atoms with Gasteiger partial charge >= 0.3 is 0 Å². The van der Waals surface area contributed by atoms with E-state index in [1.54, 1.807) is 30.5 Å². The van der Waals surface area contributed by atoms with Gasteiger partial charge in [-0.05, 0) is 12.1 Å². The lowest BCUT2D eigenvalue weighted by molar-refractivity contribution is -0.583. The van der Waals surface area contributed by atoms with Crippen LogP contribution in [0.3, 0.4) is 0 Å². The van der Waals surface area contributed by atoms with Crippen LogP contribution in [0.5, 0.6) is 0 Å². The Morgan fingerprint density at radius 1 is 1.12 bits per heavy atom. The lowest BCUT2D eigenvalue weighted by Gasteiger charge is -2.25. The van der Waals surface area contributed by atoms with Crippen molar-refractivity contribution in [3.05, 3.63) is 53.5 Å². The molecule has 3 aromatic rings. The minimum atomic E-state index is -3.61. The highest BCUT2D eigenvalue weighted by molar-refractivity contribution is 7.88. The van der Waals surface area contributed by atoms with Gasteiger partial charge in [0.1, 0.15) is 5.52 Å². The number of pyridine rings is 2. The molecule has 8 heteroatoms. The number of fused-ring (bicyclic) bond motifs is 3. The molecule has 3 heterocycles. The third-order valence-electron chi connectivity index (χ3n) is 4.43. The van der Waals surface area contributed by atoms with Crippen molar-refractivity contribution in [2.45, 2.75) is 5.75 Å². The van der Waals surface area contributed by atoms with Crippen molar-refractivity contribution >= 4 is 31.8 Å². The number of ether oxygens (including phenoxy) is 1. The first-order valence-corrected chi connectivity index (χ1v) is 9.62. The Labute approximate surface area is 145 Å². The van der Waals surface area contributed by atoms with Crippen molar-refractivity contribution in [2.24, 2.45) is 0 Å². The van der Waals surface area contributed by atoms with Gasteiger partial charge in [0.2, 0.25) is 21.2 Å². The molecule has 0 aliphatic carbocycles. The Morgan fingerprint density at radius 3 is 2.60 bits per heavy atom. The first kappa shape index (κ1) is 16.2. The number of aromatic nitrogens is 2. The summed E-state index contributed by atoms with van der Waals surface area (Å²) in [6.45, 7) is 1.38. The Morgan fingerprint density at radius 2 is 1.84 bits per heavy atom. The molecule has 1 aliphatic rings. The van der Waals surface area contributed by atoms with E-state index in [1.165, 1.54) is 4.31 Å². The zero-order valence-corrected chi connectivity index (χ0v) is 14.3. The molecule has 130 valence electrons. The number of rotatable bonds is 3. The zero-order valence-electron chi connectivity index (χ0n) is 13.5. The van der Waals surface area contributed by atoms with E-state index in [0.29, 0.717) is 47.5 Å². The van der Waals surface area contributed by atoms with E-state index in [2.05, 4.69) is 4.98 Å². The molecule has 1 saturated heterocycles. The van der Waals surface area contributed by atoms with Crippen LogP contribution in [0.4, 0.5) is 0 Å². The number of hydrogen-bond donors (Lipinski definition) is 0. The average Bonchev–Trinajstić information content (AvgIpc) is 2.66. The standard InChI is InChI=1S/C17H17N3O4S/c21-20-15-6-3-7-18-17(15)14-5-2-1-4-13(14)16(20)12-25(22,23)19-8-10-24-11-9-19/h1-7H,8-12H2. The van der Waals surface area contributed by atoms with E-state index < -0.39 is 10.0 Å². The minimum absolute atomic E-state index is 0.225. The average molecular weight is 359 g/mol. The van der Waals surface area contributed by atoms with Gasteiger partial charge in [-0.2, -0.15) is 9.04 Å². The van der Waals surface area contributed by atoms with Crippen molar-refractivity contribution in [1.82, 2.24) is 9.29 Å². The van der Waals surface area contributed by atoms with Gasteiger partial charge in [0.15, 0.2) is 5.75 Å². The summed E-state index contributed by atoms with van der Waals surface area (Å²) in [7, 11) is -3.61. The van der Waals surface area contributed by atoms with E-state index in [-0.39, 0.29) is 11.4 Å². The number of benzene rings is 1. The highest BCUT2D eigenvalue weighted by atomic mass is 32.2. The van der Waals surface area contributed by atoms with Gasteiger partial charge in [-0.1, -0.05) is 18.2 Å². The third-order valence-corrected chi connectivity index (χ3v) is 6.22. The molecule has 4 rings (SSSR count). The molecule has 1 aliphatic heterocycles. The summed E-state index contributed by atoms with van der Waals surface area (Å²) in [6.07, 6.45) is 1.62.